The quantitative estimate of drug-likeness (QED) is 0.333. The van der Waals surface area contributed by atoms with Crippen molar-refractivity contribution in [3.63, 3.8) is 0 Å². The lowest BCUT2D eigenvalue weighted by molar-refractivity contribution is -0.384. The highest BCUT2D eigenvalue weighted by molar-refractivity contribution is 6.15. The SMILES string of the molecule is C[C@@H]1Cc2cc3c(cc2C(c2ccc([N+](=O)[O-])cc2)=NN1c1nncc2ccccc12)OCO3. The molecule has 0 aliphatic carbocycles. The Balaban J connectivity index is 1.57. The molecule has 0 radical (unpaired) electrons. The number of nitro groups is 1. The van der Waals surface area contributed by atoms with Crippen LogP contribution in [0.1, 0.15) is 23.6 Å². The Labute approximate surface area is 194 Å². The summed E-state index contributed by atoms with van der Waals surface area (Å²) < 4.78 is 11.3. The average Bonchev–Trinajstić information content (AvgIpc) is 3.26. The minimum atomic E-state index is -0.412. The molecule has 2 aliphatic rings. The zero-order valence-corrected chi connectivity index (χ0v) is 18.2. The van der Waals surface area contributed by atoms with Crippen LogP contribution in [-0.2, 0) is 6.42 Å². The second kappa shape index (κ2) is 7.80. The Kier molecular flexibility index (Phi) is 4.61. The zero-order valence-electron chi connectivity index (χ0n) is 18.2. The van der Waals surface area contributed by atoms with Crippen LogP contribution in [0.4, 0.5) is 11.5 Å². The van der Waals surface area contributed by atoms with Gasteiger partial charge >= 0.3 is 0 Å². The number of hydrazone groups is 1. The number of non-ortho nitro benzene ring substituents is 1. The van der Waals surface area contributed by atoms with Crippen molar-refractivity contribution in [3.05, 3.63) is 93.7 Å². The predicted octanol–water partition coefficient (Wildman–Crippen LogP) is 4.47. The van der Waals surface area contributed by atoms with E-state index in [-0.39, 0.29) is 18.5 Å². The van der Waals surface area contributed by atoms with Gasteiger partial charge in [-0.25, -0.2) is 5.01 Å². The molecule has 3 heterocycles. The summed E-state index contributed by atoms with van der Waals surface area (Å²) in [6.45, 7) is 2.26. The highest BCUT2D eigenvalue weighted by Gasteiger charge is 2.29. The van der Waals surface area contributed by atoms with E-state index in [4.69, 9.17) is 14.6 Å². The number of hydrogen-bond acceptors (Lipinski definition) is 8. The van der Waals surface area contributed by atoms with Crippen LogP contribution >= 0.6 is 0 Å². The monoisotopic (exact) mass is 453 g/mol. The fourth-order valence-electron chi connectivity index (χ4n) is 4.43. The van der Waals surface area contributed by atoms with Gasteiger partial charge < -0.3 is 9.47 Å². The van der Waals surface area contributed by atoms with Crippen LogP contribution < -0.4 is 14.5 Å². The molecule has 168 valence electrons. The third-order valence-corrected chi connectivity index (χ3v) is 6.11. The van der Waals surface area contributed by atoms with E-state index in [0.717, 1.165) is 27.5 Å². The number of ether oxygens (including phenoxy) is 2. The molecule has 34 heavy (non-hydrogen) atoms. The zero-order chi connectivity index (χ0) is 23.2. The van der Waals surface area contributed by atoms with E-state index in [0.29, 0.717) is 29.4 Å². The van der Waals surface area contributed by atoms with Crippen molar-refractivity contribution in [1.82, 2.24) is 10.2 Å². The number of benzene rings is 3. The third-order valence-electron chi connectivity index (χ3n) is 6.11. The summed E-state index contributed by atoms with van der Waals surface area (Å²) in [5.41, 5.74) is 3.37. The summed E-state index contributed by atoms with van der Waals surface area (Å²) in [5, 5.41) is 28.7. The molecule has 9 heteroatoms. The van der Waals surface area contributed by atoms with Gasteiger partial charge in [-0.1, -0.05) is 24.3 Å². The van der Waals surface area contributed by atoms with Gasteiger partial charge in [0, 0.05) is 34.0 Å². The summed E-state index contributed by atoms with van der Waals surface area (Å²) in [6, 6.07) is 18.2. The first-order valence-electron chi connectivity index (χ1n) is 10.8. The number of fused-ring (bicyclic) bond motifs is 3. The van der Waals surface area contributed by atoms with Gasteiger partial charge in [0.25, 0.3) is 5.69 Å². The number of hydrogen-bond donors (Lipinski definition) is 0. The molecular formula is C25H19N5O4. The number of nitro benzene ring substituents is 1. The van der Waals surface area contributed by atoms with Crippen molar-refractivity contribution in [1.29, 1.82) is 0 Å². The van der Waals surface area contributed by atoms with Crippen molar-refractivity contribution in [2.24, 2.45) is 5.10 Å². The summed E-state index contributed by atoms with van der Waals surface area (Å²) in [7, 11) is 0. The van der Waals surface area contributed by atoms with Crippen LogP contribution in [0.2, 0.25) is 0 Å². The molecule has 0 unspecified atom stereocenters. The molecule has 1 atom stereocenters. The Morgan fingerprint density at radius 2 is 1.82 bits per heavy atom. The van der Waals surface area contributed by atoms with E-state index >= 15 is 0 Å². The van der Waals surface area contributed by atoms with E-state index in [1.54, 1.807) is 18.3 Å². The van der Waals surface area contributed by atoms with Crippen molar-refractivity contribution < 1.29 is 14.4 Å². The van der Waals surface area contributed by atoms with Gasteiger partial charge in [-0.05, 0) is 43.2 Å². The molecule has 0 saturated heterocycles. The van der Waals surface area contributed by atoms with Gasteiger partial charge in [0.15, 0.2) is 17.3 Å². The minimum absolute atomic E-state index is 0.0222. The van der Waals surface area contributed by atoms with Gasteiger partial charge in [0.05, 0.1) is 22.9 Å². The Morgan fingerprint density at radius 3 is 2.62 bits per heavy atom. The molecule has 0 amide bonds. The summed E-state index contributed by atoms with van der Waals surface area (Å²) in [5.74, 6) is 2.00. The van der Waals surface area contributed by atoms with Gasteiger partial charge in [-0.2, -0.15) is 10.2 Å². The fraction of sp³-hybridized carbons (Fsp3) is 0.160. The molecule has 0 N–H and O–H groups in total. The standard InChI is InChI=1S/C25H19N5O4/c1-15-10-18-11-22-23(34-14-33-22)12-21(18)24(16-6-8-19(9-7-16)30(31)32)28-29(15)25-20-5-3-2-4-17(20)13-26-27-25/h2-9,11-13,15H,10,14H2,1H3/t15-/m1/s1. The van der Waals surface area contributed by atoms with E-state index in [2.05, 4.69) is 17.1 Å². The van der Waals surface area contributed by atoms with Crippen LogP contribution in [0.15, 0.2) is 72.0 Å². The van der Waals surface area contributed by atoms with Crippen LogP contribution in [0.25, 0.3) is 10.8 Å². The molecule has 3 aromatic carbocycles. The van der Waals surface area contributed by atoms with E-state index in [1.807, 2.05) is 41.4 Å². The van der Waals surface area contributed by atoms with E-state index < -0.39 is 4.92 Å². The topological polar surface area (TPSA) is 103 Å². The third kappa shape index (κ3) is 3.29. The second-order valence-electron chi connectivity index (χ2n) is 8.27. The maximum Gasteiger partial charge on any atom is 0.269 e. The van der Waals surface area contributed by atoms with E-state index in [9.17, 15) is 10.1 Å². The first-order valence-corrected chi connectivity index (χ1v) is 10.8. The molecule has 0 fully saturated rings. The van der Waals surface area contributed by atoms with Crippen LogP contribution in [0.5, 0.6) is 11.5 Å². The molecule has 0 spiro atoms. The smallest absolute Gasteiger partial charge is 0.269 e. The maximum absolute atomic E-state index is 11.2. The molecule has 0 bridgehead atoms. The van der Waals surface area contributed by atoms with Crippen LogP contribution in [-0.4, -0.2) is 33.7 Å². The summed E-state index contributed by atoms with van der Waals surface area (Å²) >= 11 is 0. The number of anilines is 1. The van der Waals surface area contributed by atoms with Gasteiger partial charge in [0.2, 0.25) is 6.79 Å². The van der Waals surface area contributed by atoms with Gasteiger partial charge in [-0.15, -0.1) is 5.10 Å². The van der Waals surface area contributed by atoms with Crippen LogP contribution in [0, 0.1) is 10.1 Å². The number of rotatable bonds is 3. The second-order valence-corrected chi connectivity index (χ2v) is 8.27. The largest absolute Gasteiger partial charge is 0.454 e. The highest BCUT2D eigenvalue weighted by atomic mass is 16.7. The van der Waals surface area contributed by atoms with Crippen molar-refractivity contribution in [3.8, 4) is 11.5 Å². The molecule has 9 nitrogen and oxygen atoms in total. The summed E-state index contributed by atoms with van der Waals surface area (Å²) in [6.07, 6.45) is 2.41. The predicted molar refractivity (Wildman–Crippen MR) is 126 cm³/mol. The minimum Gasteiger partial charge on any atom is -0.454 e. The van der Waals surface area contributed by atoms with E-state index in [1.165, 1.54) is 12.1 Å². The number of nitrogens with zero attached hydrogens (tertiary/aromatic N) is 5. The Morgan fingerprint density at radius 1 is 1.06 bits per heavy atom. The van der Waals surface area contributed by atoms with Crippen molar-refractivity contribution >= 4 is 28.0 Å². The molecule has 1 aromatic heterocycles. The first-order chi connectivity index (χ1) is 16.6. The Bertz CT molecular complexity index is 1460. The molecule has 0 saturated carbocycles. The fourth-order valence-corrected chi connectivity index (χ4v) is 4.43. The van der Waals surface area contributed by atoms with Gasteiger partial charge in [-0.3, -0.25) is 10.1 Å². The molecule has 6 rings (SSSR count). The maximum atomic E-state index is 11.2. The highest BCUT2D eigenvalue weighted by Crippen LogP contribution is 2.38. The van der Waals surface area contributed by atoms with Crippen LogP contribution in [0.3, 0.4) is 0 Å². The lowest BCUT2D eigenvalue weighted by Crippen LogP contribution is -2.30. The molecule has 2 aliphatic heterocycles. The molecular weight excluding hydrogens is 434 g/mol. The van der Waals surface area contributed by atoms with Crippen molar-refractivity contribution in [2.45, 2.75) is 19.4 Å². The van der Waals surface area contributed by atoms with Crippen molar-refractivity contribution in [2.75, 3.05) is 11.8 Å². The summed E-state index contributed by atoms with van der Waals surface area (Å²) in [4.78, 5) is 10.8. The lowest BCUT2D eigenvalue weighted by atomic mass is 9.94. The Hall–Kier alpha value is -4.53. The lowest BCUT2D eigenvalue weighted by Gasteiger charge is -2.25. The first kappa shape index (κ1) is 20.1. The normalized spacial score (nSPS) is 16.7. The average molecular weight is 453 g/mol. The molecule has 4 aromatic rings. The number of aromatic nitrogens is 2. The van der Waals surface area contributed by atoms with Gasteiger partial charge in [0.1, 0.15) is 0 Å².